The second kappa shape index (κ2) is 4.33. The van der Waals surface area contributed by atoms with Gasteiger partial charge in [0.15, 0.2) is 0 Å². The van der Waals surface area contributed by atoms with Crippen LogP contribution in [-0.2, 0) is 16.0 Å². The molecule has 2 rings (SSSR count). The average Bonchev–Trinajstić information content (AvgIpc) is 2.59. The number of rotatable bonds is 2. The van der Waals surface area contributed by atoms with Gasteiger partial charge in [-0.25, -0.2) is 0 Å². The minimum atomic E-state index is -0.204. The van der Waals surface area contributed by atoms with Gasteiger partial charge in [0.2, 0.25) is 0 Å². The van der Waals surface area contributed by atoms with Crippen molar-refractivity contribution in [2.45, 2.75) is 6.42 Å². The van der Waals surface area contributed by atoms with E-state index >= 15 is 0 Å². The van der Waals surface area contributed by atoms with E-state index in [0.29, 0.717) is 6.42 Å². The molecule has 2 aromatic rings. The van der Waals surface area contributed by atoms with Gasteiger partial charge in [0.25, 0.3) is 0 Å². The lowest BCUT2D eigenvalue weighted by Crippen LogP contribution is -2.04. The fourth-order valence-electron chi connectivity index (χ4n) is 1.47. The maximum atomic E-state index is 11.2. The van der Waals surface area contributed by atoms with E-state index in [9.17, 15) is 4.79 Å². The molecular formula is C11H9BrO2S. The molecule has 0 N–H and O–H groups in total. The van der Waals surface area contributed by atoms with Gasteiger partial charge in [0, 0.05) is 4.70 Å². The summed E-state index contributed by atoms with van der Waals surface area (Å²) < 4.78 is 6.92. The fourth-order valence-corrected chi connectivity index (χ4v) is 3.06. The van der Waals surface area contributed by atoms with Gasteiger partial charge in [-0.3, -0.25) is 4.79 Å². The van der Waals surface area contributed by atoms with Crippen LogP contribution in [0.4, 0.5) is 0 Å². The van der Waals surface area contributed by atoms with Crippen LogP contribution < -0.4 is 0 Å². The molecule has 0 radical (unpaired) electrons. The number of benzene rings is 1. The smallest absolute Gasteiger partial charge is 0.310 e. The molecule has 0 aliphatic carbocycles. The number of hydrogen-bond acceptors (Lipinski definition) is 3. The Hall–Kier alpha value is -0.870. The van der Waals surface area contributed by atoms with Crippen molar-refractivity contribution in [3.8, 4) is 0 Å². The van der Waals surface area contributed by atoms with Crippen LogP contribution in [0.5, 0.6) is 0 Å². The molecule has 0 fully saturated rings. The lowest BCUT2D eigenvalue weighted by atomic mass is 10.1. The van der Waals surface area contributed by atoms with Crippen LogP contribution in [0.3, 0.4) is 0 Å². The molecule has 0 amide bonds. The number of methoxy groups -OCH3 is 1. The maximum absolute atomic E-state index is 11.2. The largest absolute Gasteiger partial charge is 0.469 e. The molecular weight excluding hydrogens is 276 g/mol. The Morgan fingerprint density at radius 3 is 3.07 bits per heavy atom. The topological polar surface area (TPSA) is 26.3 Å². The number of hydrogen-bond donors (Lipinski definition) is 0. The zero-order valence-electron chi connectivity index (χ0n) is 8.12. The number of thiophene rings is 1. The van der Waals surface area contributed by atoms with E-state index in [0.717, 1.165) is 14.7 Å². The van der Waals surface area contributed by atoms with Gasteiger partial charge in [-0.15, -0.1) is 11.3 Å². The lowest BCUT2D eigenvalue weighted by Gasteiger charge is -2.01. The molecule has 2 nitrogen and oxygen atoms in total. The molecule has 0 aliphatic rings. The van der Waals surface area contributed by atoms with Crippen LogP contribution in [0.25, 0.3) is 10.1 Å². The van der Waals surface area contributed by atoms with Crippen molar-refractivity contribution in [1.29, 1.82) is 0 Å². The summed E-state index contributed by atoms with van der Waals surface area (Å²) in [6, 6.07) is 8.01. The van der Waals surface area contributed by atoms with Gasteiger partial charge in [-0.05, 0) is 39.0 Å². The third kappa shape index (κ3) is 2.21. The highest BCUT2D eigenvalue weighted by Gasteiger charge is 2.08. The monoisotopic (exact) mass is 284 g/mol. The SMILES string of the molecule is COC(=O)Cc1cccc2sc(Br)cc12. The minimum absolute atomic E-state index is 0.204. The van der Waals surface area contributed by atoms with Gasteiger partial charge in [0.1, 0.15) is 0 Å². The van der Waals surface area contributed by atoms with Crippen molar-refractivity contribution < 1.29 is 9.53 Å². The fraction of sp³-hybridized carbons (Fsp3) is 0.182. The molecule has 15 heavy (non-hydrogen) atoms. The Kier molecular flexibility index (Phi) is 3.07. The normalized spacial score (nSPS) is 10.5. The lowest BCUT2D eigenvalue weighted by molar-refractivity contribution is -0.139. The summed E-state index contributed by atoms with van der Waals surface area (Å²) in [4.78, 5) is 11.2. The number of carbonyl (C=O) groups excluding carboxylic acids is 1. The van der Waals surface area contributed by atoms with E-state index in [2.05, 4.69) is 20.7 Å². The molecule has 1 heterocycles. The van der Waals surface area contributed by atoms with Crippen molar-refractivity contribution in [3.63, 3.8) is 0 Å². The van der Waals surface area contributed by atoms with Crippen molar-refractivity contribution in [3.05, 3.63) is 33.6 Å². The zero-order valence-corrected chi connectivity index (χ0v) is 10.5. The van der Waals surface area contributed by atoms with E-state index < -0.39 is 0 Å². The summed E-state index contributed by atoms with van der Waals surface area (Å²) in [5.41, 5.74) is 1.02. The van der Waals surface area contributed by atoms with Gasteiger partial charge in [-0.1, -0.05) is 12.1 Å². The second-order valence-electron chi connectivity index (χ2n) is 3.13. The number of carbonyl (C=O) groups is 1. The second-order valence-corrected chi connectivity index (χ2v) is 5.60. The Labute approximate surface area is 100.0 Å². The zero-order chi connectivity index (χ0) is 10.8. The van der Waals surface area contributed by atoms with Crippen LogP contribution >= 0.6 is 27.3 Å². The van der Waals surface area contributed by atoms with Crippen LogP contribution in [0, 0.1) is 0 Å². The molecule has 78 valence electrons. The third-order valence-corrected chi connectivity index (χ3v) is 3.79. The van der Waals surface area contributed by atoms with Crippen molar-refractivity contribution in [1.82, 2.24) is 0 Å². The van der Waals surface area contributed by atoms with Crippen LogP contribution in [-0.4, -0.2) is 13.1 Å². The molecule has 1 aromatic carbocycles. The molecule has 0 bridgehead atoms. The molecule has 0 spiro atoms. The molecule has 0 saturated heterocycles. The van der Waals surface area contributed by atoms with E-state index in [1.165, 1.54) is 11.8 Å². The van der Waals surface area contributed by atoms with Gasteiger partial charge < -0.3 is 4.74 Å². The third-order valence-electron chi connectivity index (χ3n) is 2.18. The van der Waals surface area contributed by atoms with Crippen molar-refractivity contribution in [2.75, 3.05) is 7.11 Å². The summed E-state index contributed by atoms with van der Waals surface area (Å²) in [6.07, 6.45) is 0.330. The standard InChI is InChI=1S/C11H9BrO2S/c1-14-11(13)5-7-3-2-4-9-8(7)6-10(12)15-9/h2-4,6H,5H2,1H3. The van der Waals surface area contributed by atoms with Crippen LogP contribution in [0.15, 0.2) is 28.1 Å². The predicted octanol–water partition coefficient (Wildman–Crippen LogP) is 3.38. The average molecular weight is 285 g/mol. The Morgan fingerprint density at radius 1 is 1.53 bits per heavy atom. The molecule has 0 unspecified atom stereocenters. The number of ether oxygens (including phenoxy) is 1. The highest BCUT2D eigenvalue weighted by Crippen LogP contribution is 2.31. The number of halogens is 1. The first-order chi connectivity index (χ1) is 7.20. The minimum Gasteiger partial charge on any atom is -0.469 e. The van der Waals surface area contributed by atoms with Crippen LogP contribution in [0.1, 0.15) is 5.56 Å². The quantitative estimate of drug-likeness (QED) is 0.791. The van der Waals surface area contributed by atoms with Gasteiger partial charge in [-0.2, -0.15) is 0 Å². The summed E-state index contributed by atoms with van der Waals surface area (Å²) in [7, 11) is 1.41. The highest BCUT2D eigenvalue weighted by atomic mass is 79.9. The molecule has 1 aromatic heterocycles. The van der Waals surface area contributed by atoms with Crippen LogP contribution in [0.2, 0.25) is 0 Å². The van der Waals surface area contributed by atoms with E-state index in [-0.39, 0.29) is 5.97 Å². The van der Waals surface area contributed by atoms with Gasteiger partial charge in [0.05, 0.1) is 17.3 Å². The van der Waals surface area contributed by atoms with Gasteiger partial charge >= 0.3 is 5.97 Å². The highest BCUT2D eigenvalue weighted by molar-refractivity contribution is 9.11. The summed E-state index contributed by atoms with van der Waals surface area (Å²) in [6.45, 7) is 0. The first-order valence-electron chi connectivity index (χ1n) is 4.44. The molecule has 0 atom stereocenters. The first kappa shape index (κ1) is 10.6. The van der Waals surface area contributed by atoms with Crippen molar-refractivity contribution >= 4 is 43.3 Å². The summed E-state index contributed by atoms with van der Waals surface area (Å²) in [5, 5.41) is 1.12. The summed E-state index contributed by atoms with van der Waals surface area (Å²) in [5.74, 6) is -0.204. The van der Waals surface area contributed by atoms with E-state index in [1.807, 2.05) is 24.3 Å². The molecule has 0 aliphatic heterocycles. The maximum Gasteiger partial charge on any atom is 0.310 e. The molecule has 0 saturated carbocycles. The van der Waals surface area contributed by atoms with E-state index in [1.54, 1.807) is 11.3 Å². The number of fused-ring (bicyclic) bond motifs is 1. The predicted molar refractivity (Wildman–Crippen MR) is 65.2 cm³/mol. The Balaban J connectivity index is 2.46. The van der Waals surface area contributed by atoms with Crippen molar-refractivity contribution in [2.24, 2.45) is 0 Å². The molecule has 4 heteroatoms. The van der Waals surface area contributed by atoms with E-state index in [4.69, 9.17) is 0 Å². The summed E-state index contributed by atoms with van der Waals surface area (Å²) >= 11 is 5.11. The Bertz CT molecular complexity index is 504. The number of esters is 1. The Morgan fingerprint density at radius 2 is 2.33 bits per heavy atom. The first-order valence-corrected chi connectivity index (χ1v) is 6.05.